The van der Waals surface area contributed by atoms with Gasteiger partial charge in [0.1, 0.15) is 0 Å². The summed E-state index contributed by atoms with van der Waals surface area (Å²) in [5.41, 5.74) is 2.47. The highest BCUT2D eigenvalue weighted by atomic mass is 16.3. The van der Waals surface area contributed by atoms with Crippen molar-refractivity contribution in [3.8, 4) is 0 Å². The first-order valence-electron chi connectivity index (χ1n) is 3.54. The summed E-state index contributed by atoms with van der Waals surface area (Å²) < 4.78 is 0. The van der Waals surface area contributed by atoms with Gasteiger partial charge in [-0.25, -0.2) is 0 Å². The second-order valence-corrected chi connectivity index (χ2v) is 2.81. The summed E-state index contributed by atoms with van der Waals surface area (Å²) in [5, 5.41) is 18.1. The van der Waals surface area contributed by atoms with Crippen LogP contribution in [0.3, 0.4) is 0 Å². The van der Waals surface area contributed by atoms with E-state index in [0.29, 0.717) is 0 Å². The van der Waals surface area contributed by atoms with Crippen LogP contribution in [-0.2, 0) is 0 Å². The third-order valence-electron chi connectivity index (χ3n) is 1.80. The Labute approximate surface area is 66.2 Å². The standard InChI is InChI=1S/C9H12O2/c1-6-3-8(5-10)4-7(2)9(6)11/h3-5,9-11H,1-2H3. The predicted molar refractivity (Wildman–Crippen MR) is 44.2 cm³/mol. The molecule has 11 heavy (non-hydrogen) atoms. The van der Waals surface area contributed by atoms with Crippen LogP contribution in [0.5, 0.6) is 0 Å². The van der Waals surface area contributed by atoms with Gasteiger partial charge in [-0.2, -0.15) is 0 Å². The van der Waals surface area contributed by atoms with Crippen LogP contribution in [0, 0.1) is 0 Å². The van der Waals surface area contributed by atoms with E-state index in [1.165, 1.54) is 0 Å². The van der Waals surface area contributed by atoms with Crippen molar-refractivity contribution < 1.29 is 10.2 Å². The van der Waals surface area contributed by atoms with Crippen molar-refractivity contribution in [2.45, 2.75) is 20.0 Å². The minimum Gasteiger partial charge on any atom is -0.515 e. The van der Waals surface area contributed by atoms with E-state index in [-0.39, 0.29) is 0 Å². The van der Waals surface area contributed by atoms with Crippen molar-refractivity contribution >= 4 is 0 Å². The Morgan fingerprint density at radius 2 is 1.73 bits per heavy atom. The van der Waals surface area contributed by atoms with E-state index in [2.05, 4.69) is 0 Å². The molecule has 0 aromatic heterocycles. The summed E-state index contributed by atoms with van der Waals surface area (Å²) in [6, 6.07) is 0. The SMILES string of the molecule is CC1=CC(=CO)C=C(C)C1O. The van der Waals surface area contributed by atoms with Gasteiger partial charge in [-0.3, -0.25) is 0 Å². The maximum absolute atomic E-state index is 9.41. The average Bonchev–Trinajstić information content (AvgIpc) is 1.99. The molecule has 0 heterocycles. The van der Waals surface area contributed by atoms with E-state index in [1.807, 2.05) is 13.8 Å². The van der Waals surface area contributed by atoms with Crippen molar-refractivity contribution in [3.63, 3.8) is 0 Å². The minimum absolute atomic E-state index is 0.473. The van der Waals surface area contributed by atoms with Gasteiger partial charge in [0.25, 0.3) is 0 Å². The molecular weight excluding hydrogens is 140 g/mol. The molecule has 0 spiro atoms. The van der Waals surface area contributed by atoms with Crippen LogP contribution in [0.2, 0.25) is 0 Å². The summed E-state index contributed by atoms with van der Waals surface area (Å²) in [6.07, 6.45) is 4.09. The smallest absolute Gasteiger partial charge is 0.0962 e. The van der Waals surface area contributed by atoms with Crippen LogP contribution in [-0.4, -0.2) is 16.3 Å². The summed E-state index contributed by atoms with van der Waals surface area (Å²) in [4.78, 5) is 0. The molecule has 1 aliphatic rings. The fourth-order valence-electron chi connectivity index (χ4n) is 1.16. The summed E-state index contributed by atoms with van der Waals surface area (Å²) in [5.74, 6) is 0. The minimum atomic E-state index is -0.473. The van der Waals surface area contributed by atoms with Gasteiger partial charge >= 0.3 is 0 Å². The van der Waals surface area contributed by atoms with Crippen molar-refractivity contribution in [2.24, 2.45) is 0 Å². The third kappa shape index (κ3) is 1.52. The molecule has 0 aliphatic heterocycles. The Bertz CT molecular complexity index is 224. The summed E-state index contributed by atoms with van der Waals surface area (Å²) >= 11 is 0. The zero-order valence-electron chi connectivity index (χ0n) is 6.70. The lowest BCUT2D eigenvalue weighted by Crippen LogP contribution is -2.13. The van der Waals surface area contributed by atoms with Gasteiger partial charge < -0.3 is 10.2 Å². The highest BCUT2D eigenvalue weighted by Gasteiger charge is 2.13. The predicted octanol–water partition coefficient (Wildman–Crippen LogP) is 1.70. The van der Waals surface area contributed by atoms with Gasteiger partial charge in [0, 0.05) is 5.57 Å². The largest absolute Gasteiger partial charge is 0.515 e. The van der Waals surface area contributed by atoms with E-state index in [1.54, 1.807) is 12.2 Å². The highest BCUT2D eigenvalue weighted by molar-refractivity contribution is 5.42. The van der Waals surface area contributed by atoms with Crippen LogP contribution in [0.25, 0.3) is 0 Å². The molecule has 1 rings (SSSR count). The number of rotatable bonds is 0. The zero-order chi connectivity index (χ0) is 8.43. The van der Waals surface area contributed by atoms with Gasteiger partial charge in [0.05, 0.1) is 12.4 Å². The van der Waals surface area contributed by atoms with Gasteiger partial charge in [-0.1, -0.05) is 12.2 Å². The molecular formula is C9H12O2. The molecule has 0 radical (unpaired) electrons. The van der Waals surface area contributed by atoms with E-state index < -0.39 is 6.10 Å². The molecule has 0 saturated heterocycles. The lowest BCUT2D eigenvalue weighted by Gasteiger charge is -2.16. The van der Waals surface area contributed by atoms with Crippen LogP contribution < -0.4 is 0 Å². The molecule has 0 bridgehead atoms. The molecule has 0 unspecified atom stereocenters. The lowest BCUT2D eigenvalue weighted by molar-refractivity contribution is 0.245. The topological polar surface area (TPSA) is 40.5 Å². The van der Waals surface area contributed by atoms with E-state index in [0.717, 1.165) is 23.0 Å². The molecule has 0 amide bonds. The normalized spacial score (nSPS) is 24.3. The summed E-state index contributed by atoms with van der Waals surface area (Å²) in [7, 11) is 0. The molecule has 0 atom stereocenters. The molecule has 0 aromatic rings. The second kappa shape index (κ2) is 2.93. The Kier molecular flexibility index (Phi) is 2.15. The Balaban J connectivity index is 2.98. The molecule has 0 aromatic carbocycles. The van der Waals surface area contributed by atoms with Crippen molar-refractivity contribution in [2.75, 3.05) is 0 Å². The molecule has 0 fully saturated rings. The molecule has 2 nitrogen and oxygen atoms in total. The number of aliphatic hydroxyl groups is 2. The highest BCUT2D eigenvalue weighted by Crippen LogP contribution is 2.21. The van der Waals surface area contributed by atoms with Gasteiger partial charge in [-0.05, 0) is 25.0 Å². The monoisotopic (exact) mass is 152 g/mol. The molecule has 0 saturated carbocycles. The zero-order valence-corrected chi connectivity index (χ0v) is 6.70. The molecule has 1 aliphatic carbocycles. The van der Waals surface area contributed by atoms with Crippen molar-refractivity contribution in [1.82, 2.24) is 0 Å². The van der Waals surface area contributed by atoms with Crippen molar-refractivity contribution in [3.05, 3.63) is 35.1 Å². The fraction of sp³-hybridized carbons (Fsp3) is 0.333. The fourth-order valence-corrected chi connectivity index (χ4v) is 1.16. The van der Waals surface area contributed by atoms with Crippen molar-refractivity contribution in [1.29, 1.82) is 0 Å². The maximum atomic E-state index is 9.41. The maximum Gasteiger partial charge on any atom is 0.0962 e. The first-order valence-corrected chi connectivity index (χ1v) is 3.54. The molecule has 2 N–H and O–H groups in total. The van der Waals surface area contributed by atoms with Gasteiger partial charge in [0.15, 0.2) is 0 Å². The number of aliphatic hydroxyl groups excluding tert-OH is 2. The van der Waals surface area contributed by atoms with Crippen LogP contribution in [0.1, 0.15) is 13.8 Å². The van der Waals surface area contributed by atoms with E-state index in [9.17, 15) is 5.11 Å². The quantitative estimate of drug-likeness (QED) is 0.518. The average molecular weight is 152 g/mol. The van der Waals surface area contributed by atoms with Gasteiger partial charge in [-0.15, -0.1) is 0 Å². The Hall–Kier alpha value is -1.02. The second-order valence-electron chi connectivity index (χ2n) is 2.81. The van der Waals surface area contributed by atoms with E-state index >= 15 is 0 Å². The lowest BCUT2D eigenvalue weighted by atomic mass is 9.95. The number of hydrogen-bond acceptors (Lipinski definition) is 2. The molecule has 60 valence electrons. The van der Waals surface area contributed by atoms with Crippen LogP contribution in [0.15, 0.2) is 35.1 Å². The van der Waals surface area contributed by atoms with Crippen LogP contribution in [0.4, 0.5) is 0 Å². The van der Waals surface area contributed by atoms with Gasteiger partial charge in [0.2, 0.25) is 0 Å². The molecule has 2 heteroatoms. The van der Waals surface area contributed by atoms with E-state index in [4.69, 9.17) is 5.11 Å². The summed E-state index contributed by atoms with van der Waals surface area (Å²) in [6.45, 7) is 3.68. The number of hydrogen-bond donors (Lipinski definition) is 2. The number of allylic oxidation sites excluding steroid dienone is 3. The Morgan fingerprint density at radius 1 is 1.27 bits per heavy atom. The van der Waals surface area contributed by atoms with Crippen LogP contribution >= 0.6 is 0 Å². The third-order valence-corrected chi connectivity index (χ3v) is 1.80. The first-order chi connectivity index (χ1) is 5.15. The first kappa shape index (κ1) is 8.08. The Morgan fingerprint density at radius 3 is 2.09 bits per heavy atom.